The van der Waals surface area contributed by atoms with Crippen molar-refractivity contribution >= 4 is 23.9 Å². The van der Waals surface area contributed by atoms with Gasteiger partial charge in [0.25, 0.3) is 11.8 Å². The Balaban J connectivity index is 2.14. The molecular formula is C12H16N2O6. The van der Waals surface area contributed by atoms with Crippen LogP contribution in [0.2, 0.25) is 0 Å². The van der Waals surface area contributed by atoms with Crippen molar-refractivity contribution in [2.75, 3.05) is 13.2 Å². The van der Waals surface area contributed by atoms with Gasteiger partial charge in [-0.2, -0.15) is 0 Å². The minimum absolute atomic E-state index is 0.0290. The summed E-state index contributed by atoms with van der Waals surface area (Å²) in [5.74, 6) is -1.74. The fourth-order valence-electron chi connectivity index (χ4n) is 1.41. The molecule has 0 aromatic carbocycles. The standard InChI is InChI=1S/C12H16N2O6/c1-2-8-19-12(18)13-7-3-4-11(17)20-14-9(15)5-6-10(14)16/h2H,1,3-8H2,(H,13,18). The summed E-state index contributed by atoms with van der Waals surface area (Å²) in [5.41, 5.74) is 0. The lowest BCUT2D eigenvalue weighted by Crippen LogP contribution is -2.32. The largest absolute Gasteiger partial charge is 0.445 e. The second-order valence-electron chi connectivity index (χ2n) is 3.96. The first-order chi connectivity index (χ1) is 9.54. The molecule has 0 aromatic heterocycles. The van der Waals surface area contributed by atoms with E-state index in [1.165, 1.54) is 6.08 Å². The summed E-state index contributed by atoms with van der Waals surface area (Å²) in [6.07, 6.45) is 1.21. The number of carbonyl (C=O) groups is 4. The number of carbonyl (C=O) groups excluding carboxylic acids is 4. The van der Waals surface area contributed by atoms with Gasteiger partial charge in [0.2, 0.25) is 0 Å². The molecule has 1 heterocycles. The van der Waals surface area contributed by atoms with Crippen LogP contribution in [0.15, 0.2) is 12.7 Å². The molecule has 1 aliphatic heterocycles. The number of hydrogen-bond donors (Lipinski definition) is 1. The molecule has 8 heteroatoms. The van der Waals surface area contributed by atoms with Gasteiger partial charge in [-0.05, 0) is 6.42 Å². The Morgan fingerprint density at radius 3 is 2.55 bits per heavy atom. The molecule has 1 rings (SSSR count). The normalized spacial score (nSPS) is 14.1. The Morgan fingerprint density at radius 2 is 1.95 bits per heavy atom. The highest BCUT2D eigenvalue weighted by molar-refractivity contribution is 6.01. The molecule has 0 aliphatic carbocycles. The summed E-state index contributed by atoms with van der Waals surface area (Å²) >= 11 is 0. The van der Waals surface area contributed by atoms with E-state index >= 15 is 0 Å². The Labute approximate surface area is 115 Å². The van der Waals surface area contributed by atoms with E-state index in [1.54, 1.807) is 0 Å². The minimum atomic E-state index is -0.699. The molecule has 0 radical (unpaired) electrons. The molecule has 1 saturated heterocycles. The first-order valence-electron chi connectivity index (χ1n) is 6.12. The fraction of sp³-hybridized carbons (Fsp3) is 0.500. The Hall–Kier alpha value is -2.38. The molecule has 1 aliphatic rings. The number of rotatable bonds is 7. The van der Waals surface area contributed by atoms with Gasteiger partial charge in [0, 0.05) is 25.8 Å². The number of amides is 3. The Kier molecular flexibility index (Phi) is 6.21. The lowest BCUT2D eigenvalue weighted by atomic mass is 10.3. The fourth-order valence-corrected chi connectivity index (χ4v) is 1.41. The predicted octanol–water partition coefficient (Wildman–Crippen LogP) is 0.286. The number of alkyl carbamates (subject to hydrolysis) is 1. The average Bonchev–Trinajstić information content (AvgIpc) is 2.73. The topological polar surface area (TPSA) is 102 Å². The molecular weight excluding hydrogens is 268 g/mol. The zero-order chi connectivity index (χ0) is 15.0. The third-order valence-corrected chi connectivity index (χ3v) is 2.36. The molecule has 8 nitrogen and oxygen atoms in total. The van der Waals surface area contributed by atoms with Gasteiger partial charge in [-0.25, -0.2) is 9.59 Å². The number of imide groups is 1. The van der Waals surface area contributed by atoms with Gasteiger partial charge in [-0.15, -0.1) is 5.06 Å². The number of nitrogens with one attached hydrogen (secondary N) is 1. The third kappa shape index (κ3) is 5.09. The van der Waals surface area contributed by atoms with Crippen LogP contribution < -0.4 is 5.32 Å². The smallest absolute Gasteiger partial charge is 0.407 e. The summed E-state index contributed by atoms with van der Waals surface area (Å²) in [7, 11) is 0. The van der Waals surface area contributed by atoms with Crippen LogP contribution in [0.3, 0.4) is 0 Å². The monoisotopic (exact) mass is 284 g/mol. The molecule has 0 bridgehead atoms. The van der Waals surface area contributed by atoms with Crippen molar-refractivity contribution < 1.29 is 28.8 Å². The lowest BCUT2D eigenvalue weighted by Gasteiger charge is -2.12. The molecule has 20 heavy (non-hydrogen) atoms. The second kappa shape index (κ2) is 7.93. The average molecular weight is 284 g/mol. The predicted molar refractivity (Wildman–Crippen MR) is 66.0 cm³/mol. The van der Waals surface area contributed by atoms with Crippen molar-refractivity contribution in [1.82, 2.24) is 10.4 Å². The first-order valence-corrected chi connectivity index (χ1v) is 6.12. The van der Waals surface area contributed by atoms with Gasteiger partial charge in [-0.3, -0.25) is 9.59 Å². The van der Waals surface area contributed by atoms with Crippen LogP contribution in [-0.4, -0.2) is 42.1 Å². The van der Waals surface area contributed by atoms with Crippen molar-refractivity contribution in [2.24, 2.45) is 0 Å². The van der Waals surface area contributed by atoms with E-state index in [9.17, 15) is 19.2 Å². The van der Waals surface area contributed by atoms with Crippen molar-refractivity contribution in [3.63, 3.8) is 0 Å². The molecule has 0 atom stereocenters. The van der Waals surface area contributed by atoms with Gasteiger partial charge < -0.3 is 14.9 Å². The van der Waals surface area contributed by atoms with Crippen molar-refractivity contribution in [1.29, 1.82) is 0 Å². The van der Waals surface area contributed by atoms with E-state index < -0.39 is 23.9 Å². The van der Waals surface area contributed by atoms with Gasteiger partial charge in [0.05, 0.1) is 0 Å². The highest BCUT2D eigenvalue weighted by Crippen LogP contribution is 2.12. The van der Waals surface area contributed by atoms with Gasteiger partial charge in [-0.1, -0.05) is 12.7 Å². The highest BCUT2D eigenvalue weighted by atomic mass is 16.7. The van der Waals surface area contributed by atoms with Gasteiger partial charge in [0.15, 0.2) is 0 Å². The lowest BCUT2D eigenvalue weighted by molar-refractivity contribution is -0.197. The Bertz CT molecular complexity index is 404. The molecule has 1 N–H and O–H groups in total. The van der Waals surface area contributed by atoms with Crippen molar-refractivity contribution in [3.8, 4) is 0 Å². The third-order valence-electron chi connectivity index (χ3n) is 2.36. The van der Waals surface area contributed by atoms with E-state index in [1.807, 2.05) is 0 Å². The second-order valence-corrected chi connectivity index (χ2v) is 3.96. The molecule has 0 unspecified atom stereocenters. The van der Waals surface area contributed by atoms with Crippen LogP contribution in [0.5, 0.6) is 0 Å². The van der Waals surface area contributed by atoms with Gasteiger partial charge >= 0.3 is 12.1 Å². The Morgan fingerprint density at radius 1 is 1.30 bits per heavy atom. The summed E-state index contributed by atoms with van der Waals surface area (Å²) in [4.78, 5) is 49.4. The summed E-state index contributed by atoms with van der Waals surface area (Å²) in [5, 5.41) is 2.91. The molecule has 110 valence electrons. The summed E-state index contributed by atoms with van der Waals surface area (Å²) in [6.45, 7) is 3.71. The molecule has 3 amide bonds. The van der Waals surface area contributed by atoms with E-state index in [-0.39, 0.29) is 32.4 Å². The molecule has 0 saturated carbocycles. The number of ether oxygens (including phenoxy) is 1. The van der Waals surface area contributed by atoms with Crippen LogP contribution in [-0.2, 0) is 24.0 Å². The SMILES string of the molecule is C=CCOC(=O)NCCCC(=O)ON1C(=O)CCC1=O. The van der Waals surface area contributed by atoms with E-state index in [4.69, 9.17) is 0 Å². The number of hydroxylamine groups is 2. The number of nitrogens with zero attached hydrogens (tertiary/aromatic N) is 1. The molecule has 1 fully saturated rings. The maximum Gasteiger partial charge on any atom is 0.407 e. The van der Waals surface area contributed by atoms with Crippen LogP contribution in [0, 0.1) is 0 Å². The quantitative estimate of drug-likeness (QED) is 0.409. The minimum Gasteiger partial charge on any atom is -0.445 e. The van der Waals surface area contributed by atoms with Gasteiger partial charge in [0.1, 0.15) is 6.61 Å². The number of hydrogen-bond acceptors (Lipinski definition) is 6. The van der Waals surface area contributed by atoms with E-state index in [0.29, 0.717) is 11.5 Å². The van der Waals surface area contributed by atoms with Crippen LogP contribution in [0.4, 0.5) is 4.79 Å². The zero-order valence-electron chi connectivity index (χ0n) is 10.9. The highest BCUT2D eigenvalue weighted by Gasteiger charge is 2.32. The van der Waals surface area contributed by atoms with Crippen molar-refractivity contribution in [2.45, 2.75) is 25.7 Å². The van der Waals surface area contributed by atoms with Crippen LogP contribution in [0.1, 0.15) is 25.7 Å². The van der Waals surface area contributed by atoms with E-state index in [2.05, 4.69) is 21.5 Å². The summed E-state index contributed by atoms with van der Waals surface area (Å²) < 4.78 is 4.65. The zero-order valence-corrected chi connectivity index (χ0v) is 10.9. The van der Waals surface area contributed by atoms with Crippen molar-refractivity contribution in [3.05, 3.63) is 12.7 Å². The summed E-state index contributed by atoms with van der Waals surface area (Å²) in [6, 6.07) is 0. The van der Waals surface area contributed by atoms with Crippen LogP contribution >= 0.6 is 0 Å². The molecule has 0 spiro atoms. The van der Waals surface area contributed by atoms with E-state index in [0.717, 1.165) is 0 Å². The maximum atomic E-state index is 11.4. The first kappa shape index (κ1) is 15.7. The molecule has 0 aromatic rings. The van der Waals surface area contributed by atoms with Crippen LogP contribution in [0.25, 0.3) is 0 Å². The maximum absolute atomic E-state index is 11.4.